The third-order valence-corrected chi connectivity index (χ3v) is 2.90. The maximum Gasteiger partial charge on any atom is 0.324 e. The molecule has 0 heterocycles. The smallest absolute Gasteiger partial charge is 0.324 e. The summed E-state index contributed by atoms with van der Waals surface area (Å²) >= 11 is 0. The molecular formula is C16H17NO3. The van der Waals surface area contributed by atoms with E-state index in [4.69, 9.17) is 10.6 Å². The molecule has 0 bridgehead atoms. The van der Waals surface area contributed by atoms with Crippen LogP contribution in [0, 0.1) is 6.92 Å². The summed E-state index contributed by atoms with van der Waals surface area (Å²) in [7, 11) is 0. The second kappa shape index (κ2) is 6.73. The highest BCUT2D eigenvalue weighted by molar-refractivity contribution is 5.69. The topological polar surface area (TPSA) is 61.5 Å². The van der Waals surface area contributed by atoms with Crippen molar-refractivity contribution in [3.63, 3.8) is 0 Å². The molecule has 0 spiro atoms. The van der Waals surface area contributed by atoms with Gasteiger partial charge in [-0.05, 0) is 43.2 Å². The molecule has 0 atom stereocenters. The second-order valence-corrected chi connectivity index (χ2v) is 4.55. The van der Waals surface area contributed by atoms with Crippen molar-refractivity contribution < 1.29 is 14.4 Å². The zero-order chi connectivity index (χ0) is 14.4. The Balaban J connectivity index is 2.02. The molecule has 0 saturated carbocycles. The minimum absolute atomic E-state index is 0.254. The van der Waals surface area contributed by atoms with E-state index >= 15 is 0 Å². The predicted molar refractivity (Wildman–Crippen MR) is 76.3 cm³/mol. The lowest BCUT2D eigenvalue weighted by Gasteiger charge is -2.07. The largest absolute Gasteiger partial charge is 0.457 e. The van der Waals surface area contributed by atoms with Gasteiger partial charge in [0.05, 0.1) is 6.42 Å². The Bertz CT molecular complexity index is 579. The van der Waals surface area contributed by atoms with Gasteiger partial charge in [0.1, 0.15) is 11.5 Å². The van der Waals surface area contributed by atoms with Gasteiger partial charge < -0.3 is 9.57 Å². The first-order valence-electron chi connectivity index (χ1n) is 6.40. The molecule has 0 fully saturated rings. The summed E-state index contributed by atoms with van der Waals surface area (Å²) in [5, 5.41) is 0. The van der Waals surface area contributed by atoms with E-state index in [-0.39, 0.29) is 6.42 Å². The van der Waals surface area contributed by atoms with Crippen molar-refractivity contribution in [1.82, 2.24) is 0 Å². The van der Waals surface area contributed by atoms with E-state index in [0.717, 1.165) is 17.1 Å². The van der Waals surface area contributed by atoms with Crippen LogP contribution in [0.4, 0.5) is 0 Å². The molecule has 2 rings (SSSR count). The van der Waals surface area contributed by atoms with E-state index in [0.29, 0.717) is 6.42 Å². The summed E-state index contributed by atoms with van der Waals surface area (Å²) in [5.74, 6) is 5.91. The van der Waals surface area contributed by atoms with E-state index < -0.39 is 5.97 Å². The molecule has 104 valence electrons. The fourth-order valence-electron chi connectivity index (χ4n) is 1.81. The van der Waals surface area contributed by atoms with Crippen LogP contribution in [0.2, 0.25) is 0 Å². The van der Waals surface area contributed by atoms with Crippen LogP contribution < -0.4 is 10.6 Å². The van der Waals surface area contributed by atoms with Crippen LogP contribution in [0.25, 0.3) is 0 Å². The number of aryl methyl sites for hydroxylation is 2. The van der Waals surface area contributed by atoms with Gasteiger partial charge >= 0.3 is 5.97 Å². The number of carbonyl (C=O) groups excluding carboxylic acids is 1. The van der Waals surface area contributed by atoms with Gasteiger partial charge in [-0.15, -0.1) is 0 Å². The summed E-state index contributed by atoms with van der Waals surface area (Å²) in [6, 6.07) is 15.5. The highest BCUT2D eigenvalue weighted by Gasteiger charge is 2.04. The lowest BCUT2D eigenvalue weighted by atomic mass is 10.1. The van der Waals surface area contributed by atoms with Crippen LogP contribution in [-0.4, -0.2) is 5.97 Å². The molecule has 0 aliphatic carbocycles. The molecule has 20 heavy (non-hydrogen) atoms. The van der Waals surface area contributed by atoms with Crippen LogP contribution in [0.1, 0.15) is 17.5 Å². The van der Waals surface area contributed by atoms with E-state index in [9.17, 15) is 4.79 Å². The standard InChI is InChI=1S/C16H17NO3/c1-12-5-8-14(9-6-12)19-15-4-2-3-13(11-15)7-10-16(18)20-17/h2-6,8-9,11H,7,10,17H2,1H3. The van der Waals surface area contributed by atoms with E-state index in [2.05, 4.69) is 4.84 Å². The first kappa shape index (κ1) is 14.1. The minimum Gasteiger partial charge on any atom is -0.457 e. The Morgan fingerprint density at radius 2 is 1.85 bits per heavy atom. The highest BCUT2D eigenvalue weighted by atomic mass is 16.7. The molecule has 0 saturated heterocycles. The monoisotopic (exact) mass is 271 g/mol. The highest BCUT2D eigenvalue weighted by Crippen LogP contribution is 2.23. The van der Waals surface area contributed by atoms with Crippen LogP contribution in [0.15, 0.2) is 48.5 Å². The molecule has 0 unspecified atom stereocenters. The van der Waals surface area contributed by atoms with Gasteiger partial charge in [0.25, 0.3) is 0 Å². The molecule has 4 heteroatoms. The van der Waals surface area contributed by atoms with Crippen molar-refractivity contribution in [2.75, 3.05) is 0 Å². The summed E-state index contributed by atoms with van der Waals surface area (Å²) < 4.78 is 5.77. The number of benzene rings is 2. The van der Waals surface area contributed by atoms with E-state index in [1.54, 1.807) is 0 Å². The quantitative estimate of drug-likeness (QED) is 0.849. The first-order valence-corrected chi connectivity index (χ1v) is 6.40. The lowest BCUT2D eigenvalue weighted by Crippen LogP contribution is -2.10. The fraction of sp³-hybridized carbons (Fsp3) is 0.188. The first-order chi connectivity index (χ1) is 9.67. The van der Waals surface area contributed by atoms with Gasteiger partial charge in [0.2, 0.25) is 0 Å². The average Bonchev–Trinajstić information content (AvgIpc) is 2.47. The zero-order valence-corrected chi connectivity index (χ0v) is 11.3. The molecular weight excluding hydrogens is 254 g/mol. The summed E-state index contributed by atoms with van der Waals surface area (Å²) in [5.41, 5.74) is 2.19. The molecule has 0 amide bonds. The fourth-order valence-corrected chi connectivity index (χ4v) is 1.81. The number of hydrogen-bond acceptors (Lipinski definition) is 4. The Morgan fingerprint density at radius 3 is 2.55 bits per heavy atom. The van der Waals surface area contributed by atoms with Crippen molar-refractivity contribution in [2.45, 2.75) is 19.8 Å². The minimum atomic E-state index is -0.421. The number of rotatable bonds is 5. The van der Waals surface area contributed by atoms with Gasteiger partial charge in [-0.3, -0.25) is 4.79 Å². The molecule has 0 radical (unpaired) electrons. The molecule has 0 aliphatic heterocycles. The van der Waals surface area contributed by atoms with Crippen molar-refractivity contribution in [2.24, 2.45) is 5.90 Å². The Morgan fingerprint density at radius 1 is 1.10 bits per heavy atom. The third-order valence-electron chi connectivity index (χ3n) is 2.90. The Labute approximate surface area is 118 Å². The molecule has 4 nitrogen and oxygen atoms in total. The molecule has 2 aromatic rings. The normalized spacial score (nSPS) is 10.1. The SMILES string of the molecule is Cc1ccc(Oc2cccc(CCC(=O)ON)c2)cc1. The number of carbonyl (C=O) groups is 1. The molecule has 0 aliphatic rings. The molecule has 2 N–H and O–H groups in total. The van der Waals surface area contributed by atoms with E-state index in [1.165, 1.54) is 5.56 Å². The third kappa shape index (κ3) is 4.10. The van der Waals surface area contributed by atoms with Crippen molar-refractivity contribution >= 4 is 5.97 Å². The van der Waals surface area contributed by atoms with E-state index in [1.807, 2.05) is 55.5 Å². The van der Waals surface area contributed by atoms with Gasteiger partial charge in [-0.1, -0.05) is 29.8 Å². The second-order valence-electron chi connectivity index (χ2n) is 4.55. The number of nitrogens with two attached hydrogens (primary N) is 1. The van der Waals surface area contributed by atoms with Crippen LogP contribution in [0.5, 0.6) is 11.5 Å². The summed E-state index contributed by atoms with van der Waals surface area (Å²) in [6.07, 6.45) is 0.825. The summed E-state index contributed by atoms with van der Waals surface area (Å²) in [6.45, 7) is 2.03. The van der Waals surface area contributed by atoms with Crippen molar-refractivity contribution in [1.29, 1.82) is 0 Å². The van der Waals surface area contributed by atoms with Gasteiger partial charge in [-0.2, -0.15) is 5.90 Å². The van der Waals surface area contributed by atoms with Crippen LogP contribution in [0.3, 0.4) is 0 Å². The number of ether oxygens (including phenoxy) is 1. The summed E-state index contributed by atoms with van der Waals surface area (Å²) in [4.78, 5) is 15.2. The maximum atomic E-state index is 11.0. The zero-order valence-electron chi connectivity index (χ0n) is 11.3. The van der Waals surface area contributed by atoms with Crippen LogP contribution >= 0.6 is 0 Å². The Kier molecular flexibility index (Phi) is 4.74. The molecule has 0 aromatic heterocycles. The van der Waals surface area contributed by atoms with Crippen LogP contribution in [-0.2, 0) is 16.1 Å². The van der Waals surface area contributed by atoms with Crippen molar-refractivity contribution in [3.05, 3.63) is 59.7 Å². The number of hydrogen-bond donors (Lipinski definition) is 1. The van der Waals surface area contributed by atoms with Gasteiger partial charge in [0, 0.05) is 0 Å². The average molecular weight is 271 g/mol. The Hall–Kier alpha value is -2.33. The van der Waals surface area contributed by atoms with Gasteiger partial charge in [-0.25, -0.2) is 0 Å². The molecule has 2 aromatic carbocycles. The van der Waals surface area contributed by atoms with Gasteiger partial charge in [0.15, 0.2) is 0 Å². The lowest BCUT2D eigenvalue weighted by molar-refractivity contribution is -0.144. The predicted octanol–water partition coefficient (Wildman–Crippen LogP) is 3.14. The maximum absolute atomic E-state index is 11.0. The van der Waals surface area contributed by atoms with Crippen molar-refractivity contribution in [3.8, 4) is 11.5 Å².